The molecule has 0 saturated carbocycles. The molecule has 23 aromatic carbocycles. The second kappa shape index (κ2) is 32.9. The van der Waals surface area contributed by atoms with Crippen LogP contribution in [0.2, 0.25) is 0 Å². The molecule has 32 aromatic rings. The van der Waals surface area contributed by atoms with Crippen LogP contribution in [0.3, 0.4) is 0 Å². The van der Waals surface area contributed by atoms with E-state index in [1.165, 1.54) is 157 Å². The molecule has 0 amide bonds. The standard InChI is InChI=1S/C52H32N4.C42H26N4.C40H24N4/c1-4-16-33(17-5-1)50-51(34-18-6-2-7-19-34)54-45-30-36(28-29-44(45)53-50)55-46-27-15-14-24-39(46)42-31-43-48(32-47(42)55)56(35-20-8-3-9-21-35)52-41-26-13-11-23-38(41)37-22-10-12-25-40(37)49(43)52;1-3-11-27(12-4-1)33-24-36-37(44-22-21-43-36)25-39(33)46-38-18-10-9-17-31(38)34-23-35-32-20-19-28-13-7-8-16-30(28)42(32)45(40(35)26-41(34)46)29-14-5-2-6-15-29;1-2-10-25(11-3-1)44-38-24-37-32(23-33(38)39-30-15-6-4-12-27(30)28-13-5-7-16-31(28)40(39)44)29-14-8-9-17-36(29)43(37)26-18-19-34-35(22-26)42-21-20-41-34/h1-32H;1-26H;1-24H. The molecule has 0 fully saturated rings. The van der Waals surface area contributed by atoms with Crippen LogP contribution in [-0.2, 0) is 0 Å². The van der Waals surface area contributed by atoms with Gasteiger partial charge in [0.05, 0.1) is 116 Å². The van der Waals surface area contributed by atoms with E-state index in [1.807, 2.05) is 12.1 Å². The maximum Gasteiger partial charge on any atom is 0.0973 e. The van der Waals surface area contributed by atoms with Crippen LogP contribution in [0.15, 0.2) is 498 Å². The fourth-order valence-corrected chi connectivity index (χ4v) is 23.8. The zero-order valence-electron chi connectivity index (χ0n) is 78.7. The first-order valence-electron chi connectivity index (χ1n) is 49.6. The minimum atomic E-state index is 0.851. The number of hydrogen-bond acceptors (Lipinski definition) is 6. The molecule has 12 heteroatoms. The molecule has 0 spiro atoms. The molecule has 146 heavy (non-hydrogen) atoms. The molecular formula is C134H82N12. The quantitative estimate of drug-likeness (QED) is 0.133. The van der Waals surface area contributed by atoms with Crippen molar-refractivity contribution < 1.29 is 0 Å². The third-order valence-electron chi connectivity index (χ3n) is 30.0. The van der Waals surface area contributed by atoms with Crippen molar-refractivity contribution in [3.63, 3.8) is 0 Å². The first-order chi connectivity index (χ1) is 72.5. The molecule has 0 saturated heterocycles. The number of fused-ring (bicyclic) bond motifs is 33. The summed E-state index contributed by atoms with van der Waals surface area (Å²) in [6.07, 6.45) is 7.04. The monoisotopic (exact) mass is 1860 g/mol. The maximum atomic E-state index is 5.36. The second-order valence-electron chi connectivity index (χ2n) is 37.9. The smallest absolute Gasteiger partial charge is 0.0973 e. The van der Waals surface area contributed by atoms with Gasteiger partial charge in [-0.05, 0) is 183 Å². The molecule has 0 aliphatic heterocycles. The van der Waals surface area contributed by atoms with Gasteiger partial charge in [0.1, 0.15) is 0 Å². The van der Waals surface area contributed by atoms with Gasteiger partial charge in [-0.1, -0.05) is 334 Å². The minimum absolute atomic E-state index is 0.851. The van der Waals surface area contributed by atoms with Crippen molar-refractivity contribution in [1.29, 1.82) is 0 Å². The third-order valence-corrected chi connectivity index (χ3v) is 30.0. The van der Waals surface area contributed by atoms with Crippen LogP contribution in [0.1, 0.15) is 0 Å². The second-order valence-corrected chi connectivity index (χ2v) is 37.9. The Morgan fingerprint density at radius 1 is 0.151 bits per heavy atom. The van der Waals surface area contributed by atoms with Crippen molar-refractivity contribution in [2.45, 2.75) is 0 Å². The molecule has 9 aromatic heterocycles. The molecular weight excluding hydrogens is 1780 g/mol. The van der Waals surface area contributed by atoms with Gasteiger partial charge < -0.3 is 27.4 Å². The first kappa shape index (κ1) is 82.1. The summed E-state index contributed by atoms with van der Waals surface area (Å²) < 4.78 is 14.6. The van der Waals surface area contributed by atoms with Crippen molar-refractivity contribution >= 4 is 218 Å². The Bertz CT molecular complexity index is 11000. The molecule has 9 heterocycles. The van der Waals surface area contributed by atoms with Gasteiger partial charge in [0, 0.05) is 151 Å². The van der Waals surface area contributed by atoms with Crippen molar-refractivity contribution in [2.75, 3.05) is 0 Å². The highest BCUT2D eigenvalue weighted by molar-refractivity contribution is 6.36. The van der Waals surface area contributed by atoms with Crippen LogP contribution in [0.4, 0.5) is 0 Å². The van der Waals surface area contributed by atoms with Crippen LogP contribution in [0, 0.1) is 0 Å². The summed E-state index contributed by atoms with van der Waals surface area (Å²) in [7, 11) is 0. The van der Waals surface area contributed by atoms with Crippen LogP contribution in [0.25, 0.3) is 286 Å². The molecule has 0 aliphatic carbocycles. The number of aromatic nitrogens is 12. The Balaban J connectivity index is 0.000000102. The van der Waals surface area contributed by atoms with Crippen molar-refractivity contribution in [3.8, 4) is 67.8 Å². The Kier molecular flexibility index (Phi) is 18.5. The number of rotatable bonds is 9. The Morgan fingerprint density at radius 2 is 0.466 bits per heavy atom. The fraction of sp³-hybridized carbons (Fsp3) is 0. The highest BCUT2D eigenvalue weighted by Crippen LogP contribution is 2.51. The summed E-state index contributed by atoms with van der Waals surface area (Å²) in [5.41, 5.74) is 32.1. The maximum absolute atomic E-state index is 5.36. The van der Waals surface area contributed by atoms with Crippen LogP contribution >= 0.6 is 0 Å². The van der Waals surface area contributed by atoms with E-state index in [9.17, 15) is 0 Å². The minimum Gasteiger partial charge on any atom is -0.309 e. The Hall–Kier alpha value is -19.8. The molecule has 0 atom stereocenters. The summed E-state index contributed by atoms with van der Waals surface area (Å²) >= 11 is 0. The number of hydrogen-bond donors (Lipinski definition) is 0. The van der Waals surface area contributed by atoms with Gasteiger partial charge >= 0.3 is 0 Å². The van der Waals surface area contributed by atoms with Crippen molar-refractivity contribution in [1.82, 2.24) is 57.3 Å². The van der Waals surface area contributed by atoms with E-state index in [0.717, 1.165) is 128 Å². The number of para-hydroxylation sites is 6. The third kappa shape index (κ3) is 12.7. The molecule has 0 radical (unpaired) electrons. The Labute approximate surface area is 835 Å². The molecule has 0 unspecified atom stereocenters. The predicted octanol–water partition coefficient (Wildman–Crippen LogP) is 34.2. The van der Waals surface area contributed by atoms with E-state index in [-0.39, 0.29) is 0 Å². The van der Waals surface area contributed by atoms with Gasteiger partial charge in [-0.3, -0.25) is 19.9 Å². The molecule has 0 aliphatic rings. The van der Waals surface area contributed by atoms with E-state index in [1.54, 1.807) is 24.8 Å². The van der Waals surface area contributed by atoms with E-state index in [2.05, 4.69) is 503 Å². The lowest BCUT2D eigenvalue weighted by atomic mass is 9.96. The summed E-state index contributed by atoms with van der Waals surface area (Å²) in [6, 6.07) is 170. The average molecular weight is 1860 g/mol. The van der Waals surface area contributed by atoms with Gasteiger partial charge in [0.15, 0.2) is 0 Å². The lowest BCUT2D eigenvalue weighted by Gasteiger charge is -2.15. The zero-order valence-corrected chi connectivity index (χ0v) is 78.7. The van der Waals surface area contributed by atoms with E-state index >= 15 is 0 Å². The topological polar surface area (TPSA) is 107 Å². The summed E-state index contributed by atoms with van der Waals surface area (Å²) in [5, 5.41) is 27.5. The number of nitrogens with zero attached hydrogens (tertiary/aromatic N) is 12. The van der Waals surface area contributed by atoms with E-state index in [4.69, 9.17) is 15.0 Å². The normalized spacial score (nSPS) is 12.0. The highest BCUT2D eigenvalue weighted by atomic mass is 15.0. The SMILES string of the molecule is c1ccc(-c2cc3nccnc3cc2-n2c3ccccc3c3cc4c5ccc6ccccc6c5n(-c5ccccc5)c4cc32)cc1.c1ccc(-c2nc3ccc(-n4c5ccccc5c5cc6c7c8ccccc8c8ccccc8c7n(-c7ccccc7)c6cc54)cc3nc2-c2ccccc2)cc1.c1ccc(-n2c3cc4c(cc3c3c5ccccc5c5ccccc5c32)c2ccccc2n4-c2ccc3nccnc3c2)cc1. The average Bonchev–Trinajstić information content (AvgIpc) is 1.53. The molecule has 12 nitrogen and oxygen atoms in total. The van der Waals surface area contributed by atoms with Crippen molar-refractivity contribution in [2.24, 2.45) is 0 Å². The van der Waals surface area contributed by atoms with E-state index in [0.29, 0.717) is 0 Å². The molecule has 0 bridgehead atoms. The van der Waals surface area contributed by atoms with Crippen LogP contribution in [0.5, 0.6) is 0 Å². The lowest BCUT2D eigenvalue weighted by molar-refractivity contribution is 1.16. The van der Waals surface area contributed by atoms with Gasteiger partial charge in [-0.2, -0.15) is 0 Å². The summed E-state index contributed by atoms with van der Waals surface area (Å²) in [5.74, 6) is 0. The van der Waals surface area contributed by atoms with Gasteiger partial charge in [0.2, 0.25) is 0 Å². The highest BCUT2D eigenvalue weighted by Gasteiger charge is 2.29. The fourth-order valence-electron chi connectivity index (χ4n) is 23.8. The molecule has 0 N–H and O–H groups in total. The van der Waals surface area contributed by atoms with Crippen molar-refractivity contribution in [3.05, 3.63) is 498 Å². The molecule has 678 valence electrons. The first-order valence-corrected chi connectivity index (χ1v) is 49.6. The van der Waals surface area contributed by atoms with Gasteiger partial charge in [-0.25, -0.2) is 9.97 Å². The Morgan fingerprint density at radius 3 is 0.945 bits per heavy atom. The molecule has 32 rings (SSSR count). The van der Waals surface area contributed by atoms with Gasteiger partial charge in [-0.15, -0.1) is 0 Å². The van der Waals surface area contributed by atoms with E-state index < -0.39 is 0 Å². The van der Waals surface area contributed by atoms with Crippen LogP contribution in [-0.4, -0.2) is 57.3 Å². The summed E-state index contributed by atoms with van der Waals surface area (Å²) in [6.45, 7) is 0. The summed E-state index contributed by atoms with van der Waals surface area (Å²) in [4.78, 5) is 29.2. The predicted molar refractivity (Wildman–Crippen MR) is 608 cm³/mol. The van der Waals surface area contributed by atoms with Crippen LogP contribution < -0.4 is 0 Å². The lowest BCUT2D eigenvalue weighted by Crippen LogP contribution is -1.99. The number of benzene rings is 23. The van der Waals surface area contributed by atoms with Gasteiger partial charge in [0.25, 0.3) is 0 Å². The largest absolute Gasteiger partial charge is 0.309 e. The zero-order chi connectivity index (χ0) is 95.7.